The largest absolute Gasteiger partial charge is 0.416 e. The van der Waals surface area contributed by atoms with E-state index >= 15 is 0 Å². The van der Waals surface area contributed by atoms with Crippen LogP contribution in [0.15, 0.2) is 29.3 Å². The van der Waals surface area contributed by atoms with Crippen molar-refractivity contribution in [3.05, 3.63) is 35.4 Å². The summed E-state index contributed by atoms with van der Waals surface area (Å²) in [5.74, 6) is 0.857. The van der Waals surface area contributed by atoms with Crippen molar-refractivity contribution < 1.29 is 17.9 Å². The lowest BCUT2D eigenvalue weighted by molar-refractivity contribution is -0.137. The molecule has 1 aromatic carbocycles. The molecule has 1 N–H and O–H groups in total. The summed E-state index contributed by atoms with van der Waals surface area (Å²) < 4.78 is 44.9. The summed E-state index contributed by atoms with van der Waals surface area (Å²) in [5.41, 5.74) is -0.0897. The van der Waals surface area contributed by atoms with Gasteiger partial charge in [0.05, 0.1) is 18.2 Å². The highest BCUT2D eigenvalue weighted by molar-refractivity contribution is 5.80. The number of nitrogens with zero attached hydrogens (tertiary/aromatic N) is 2. The minimum atomic E-state index is -4.31. The third-order valence-corrected chi connectivity index (χ3v) is 5.67. The number of nitrogens with one attached hydrogen (secondary N) is 1. The van der Waals surface area contributed by atoms with Crippen molar-refractivity contribution >= 4 is 5.96 Å². The molecule has 156 valence electrons. The van der Waals surface area contributed by atoms with Gasteiger partial charge in [-0.3, -0.25) is 4.99 Å². The Morgan fingerprint density at radius 3 is 2.54 bits per heavy atom. The lowest BCUT2D eigenvalue weighted by Gasteiger charge is -2.34. The fourth-order valence-electron chi connectivity index (χ4n) is 3.84. The van der Waals surface area contributed by atoms with Gasteiger partial charge < -0.3 is 15.0 Å². The van der Waals surface area contributed by atoms with Gasteiger partial charge >= 0.3 is 6.18 Å². The Morgan fingerprint density at radius 1 is 1.25 bits per heavy atom. The highest BCUT2D eigenvalue weighted by Crippen LogP contribution is 2.49. The molecule has 0 spiro atoms. The number of hydrogen-bond acceptors (Lipinski definition) is 2. The topological polar surface area (TPSA) is 36.9 Å². The second-order valence-electron chi connectivity index (χ2n) is 7.67. The number of hydrogen-bond donors (Lipinski definition) is 1. The van der Waals surface area contributed by atoms with Crippen molar-refractivity contribution in [1.82, 2.24) is 10.2 Å². The summed E-state index contributed by atoms with van der Waals surface area (Å²) in [7, 11) is 0. The molecule has 1 saturated heterocycles. The van der Waals surface area contributed by atoms with E-state index in [1.165, 1.54) is 12.1 Å². The molecule has 0 aromatic heterocycles. The van der Waals surface area contributed by atoms with Crippen LogP contribution in [0, 0.1) is 0 Å². The van der Waals surface area contributed by atoms with Gasteiger partial charge in [-0.05, 0) is 51.2 Å². The Hall–Kier alpha value is -1.76. The van der Waals surface area contributed by atoms with Gasteiger partial charge in [0.2, 0.25) is 0 Å². The Kier molecular flexibility index (Phi) is 6.53. The molecule has 28 heavy (non-hydrogen) atoms. The Labute approximate surface area is 165 Å². The van der Waals surface area contributed by atoms with Gasteiger partial charge in [0.1, 0.15) is 0 Å². The molecule has 1 heterocycles. The maximum Gasteiger partial charge on any atom is 0.416 e. The molecule has 1 aliphatic heterocycles. The van der Waals surface area contributed by atoms with E-state index in [-0.39, 0.29) is 5.41 Å². The van der Waals surface area contributed by atoms with E-state index in [4.69, 9.17) is 9.73 Å². The molecule has 0 radical (unpaired) electrons. The summed E-state index contributed by atoms with van der Waals surface area (Å²) in [5, 5.41) is 3.34. The van der Waals surface area contributed by atoms with E-state index < -0.39 is 11.7 Å². The van der Waals surface area contributed by atoms with Crippen molar-refractivity contribution in [3.63, 3.8) is 0 Å². The fourth-order valence-corrected chi connectivity index (χ4v) is 3.84. The van der Waals surface area contributed by atoms with Gasteiger partial charge in [-0.25, -0.2) is 0 Å². The van der Waals surface area contributed by atoms with Crippen LogP contribution >= 0.6 is 0 Å². The molecule has 2 fully saturated rings. The standard InChI is InChI=1S/C21H30F3N3O/c1-3-25-19(27-12-8-18(9-13-27)28-4-2)26-15-20(10-11-20)16-6-5-7-17(14-16)21(22,23)24/h5-7,14,18H,3-4,8-13,15H2,1-2H3,(H,25,26). The number of aliphatic imine (C=N–C) groups is 1. The van der Waals surface area contributed by atoms with Crippen molar-refractivity contribution in [3.8, 4) is 0 Å². The molecule has 1 aromatic rings. The van der Waals surface area contributed by atoms with Crippen molar-refractivity contribution in [2.45, 2.75) is 57.2 Å². The summed E-state index contributed by atoms with van der Waals surface area (Å²) in [6.45, 7) is 7.82. The third-order valence-electron chi connectivity index (χ3n) is 5.67. The van der Waals surface area contributed by atoms with Crippen LogP contribution in [0.3, 0.4) is 0 Å². The second kappa shape index (κ2) is 8.72. The van der Waals surface area contributed by atoms with Gasteiger partial charge in [-0.15, -0.1) is 0 Å². The summed E-state index contributed by atoms with van der Waals surface area (Å²) in [4.78, 5) is 7.06. The van der Waals surface area contributed by atoms with E-state index in [9.17, 15) is 13.2 Å². The molecule has 4 nitrogen and oxygen atoms in total. The third kappa shape index (κ3) is 4.99. The highest BCUT2D eigenvalue weighted by Gasteiger charge is 2.45. The van der Waals surface area contributed by atoms with Gasteiger partial charge in [-0.2, -0.15) is 13.2 Å². The van der Waals surface area contributed by atoms with Gasteiger partial charge in [-0.1, -0.05) is 18.2 Å². The average Bonchev–Trinajstić information content (AvgIpc) is 3.47. The van der Waals surface area contributed by atoms with Crippen LogP contribution in [0.5, 0.6) is 0 Å². The van der Waals surface area contributed by atoms with E-state index in [2.05, 4.69) is 10.2 Å². The van der Waals surface area contributed by atoms with Gasteiger partial charge in [0.15, 0.2) is 5.96 Å². The van der Waals surface area contributed by atoms with Crippen molar-refractivity contribution in [1.29, 1.82) is 0 Å². The maximum absolute atomic E-state index is 13.1. The molecule has 2 aliphatic rings. The average molecular weight is 397 g/mol. The number of likely N-dealkylation sites (tertiary alicyclic amines) is 1. The first-order valence-electron chi connectivity index (χ1n) is 10.2. The quantitative estimate of drug-likeness (QED) is 0.577. The highest BCUT2D eigenvalue weighted by atomic mass is 19.4. The minimum absolute atomic E-state index is 0.258. The van der Waals surface area contributed by atoms with Crippen LogP contribution in [-0.2, 0) is 16.3 Å². The predicted molar refractivity (Wildman–Crippen MR) is 105 cm³/mol. The normalized spacial score (nSPS) is 20.3. The van der Waals surface area contributed by atoms with Crippen molar-refractivity contribution in [2.75, 3.05) is 32.8 Å². The van der Waals surface area contributed by atoms with E-state index in [1.807, 2.05) is 13.8 Å². The zero-order valence-corrected chi connectivity index (χ0v) is 16.7. The second-order valence-corrected chi connectivity index (χ2v) is 7.67. The SMILES string of the molecule is CCNC(=NCC1(c2cccc(C(F)(F)F)c2)CC1)N1CCC(OCC)CC1. The Bertz CT molecular complexity index is 678. The van der Waals surface area contributed by atoms with Crippen LogP contribution in [0.25, 0.3) is 0 Å². The van der Waals surface area contributed by atoms with Gasteiger partial charge in [0.25, 0.3) is 0 Å². The summed E-state index contributed by atoms with van der Waals surface area (Å²) >= 11 is 0. The first-order chi connectivity index (χ1) is 13.4. The number of rotatable bonds is 6. The van der Waals surface area contributed by atoms with Crippen LogP contribution in [-0.4, -0.2) is 49.7 Å². The monoisotopic (exact) mass is 397 g/mol. The molecular formula is C21H30F3N3O. The molecule has 3 rings (SSSR count). The number of alkyl halides is 3. The lowest BCUT2D eigenvalue weighted by Crippen LogP contribution is -2.47. The molecule has 0 bridgehead atoms. The Balaban J connectivity index is 1.69. The molecule has 1 saturated carbocycles. The summed E-state index contributed by atoms with van der Waals surface area (Å²) in [6, 6.07) is 5.74. The maximum atomic E-state index is 13.1. The first kappa shape index (κ1) is 21.0. The number of guanidine groups is 1. The predicted octanol–water partition coefficient (Wildman–Crippen LogP) is 4.20. The van der Waals surface area contributed by atoms with Crippen LogP contribution < -0.4 is 5.32 Å². The number of benzene rings is 1. The molecule has 0 amide bonds. The van der Waals surface area contributed by atoms with Gasteiger partial charge in [0, 0.05) is 31.7 Å². The van der Waals surface area contributed by atoms with Crippen molar-refractivity contribution in [2.24, 2.45) is 4.99 Å². The van der Waals surface area contributed by atoms with Crippen LogP contribution in [0.2, 0.25) is 0 Å². The molecule has 7 heteroatoms. The molecule has 0 atom stereocenters. The molecule has 1 aliphatic carbocycles. The lowest BCUT2D eigenvalue weighted by atomic mass is 9.94. The zero-order valence-electron chi connectivity index (χ0n) is 16.7. The number of halogens is 3. The zero-order chi connectivity index (χ0) is 20.2. The minimum Gasteiger partial charge on any atom is -0.378 e. The number of ether oxygens (including phenoxy) is 1. The van der Waals surface area contributed by atoms with Crippen LogP contribution in [0.1, 0.15) is 50.7 Å². The van der Waals surface area contributed by atoms with Crippen LogP contribution in [0.4, 0.5) is 13.2 Å². The van der Waals surface area contributed by atoms with E-state index in [0.717, 1.165) is 69.5 Å². The first-order valence-corrected chi connectivity index (χ1v) is 10.2. The molecule has 0 unspecified atom stereocenters. The number of piperidine rings is 1. The smallest absolute Gasteiger partial charge is 0.378 e. The Morgan fingerprint density at radius 2 is 1.96 bits per heavy atom. The molecular weight excluding hydrogens is 367 g/mol. The fraction of sp³-hybridized carbons (Fsp3) is 0.667. The van der Waals surface area contributed by atoms with E-state index in [0.29, 0.717) is 12.6 Å². The summed E-state index contributed by atoms with van der Waals surface area (Å²) in [6.07, 6.45) is -0.305. The van der Waals surface area contributed by atoms with E-state index in [1.54, 1.807) is 6.07 Å².